The van der Waals surface area contributed by atoms with Gasteiger partial charge in [-0.25, -0.2) is 8.42 Å². The molecule has 0 radical (unpaired) electrons. The van der Waals surface area contributed by atoms with Gasteiger partial charge in [0, 0.05) is 38.6 Å². The molecule has 6 nitrogen and oxygen atoms in total. The Morgan fingerprint density at radius 2 is 1.84 bits per heavy atom. The number of amides is 1. The van der Waals surface area contributed by atoms with Gasteiger partial charge in [0.15, 0.2) is 0 Å². The first-order valence-electron chi connectivity index (χ1n) is 8.43. The highest BCUT2D eigenvalue weighted by Crippen LogP contribution is 2.18. The number of nitrogens with zero attached hydrogens (tertiary/aromatic N) is 2. The summed E-state index contributed by atoms with van der Waals surface area (Å²) < 4.78 is 27.1. The molecule has 0 bridgehead atoms. The second kappa shape index (κ2) is 7.41. The van der Waals surface area contributed by atoms with Gasteiger partial charge in [0.1, 0.15) is 0 Å². The Hall–Kier alpha value is -2.12. The Kier molecular flexibility index (Phi) is 5.24. The van der Waals surface area contributed by atoms with Crippen LogP contribution in [0.5, 0.6) is 0 Å². The minimum Gasteiger partial charge on any atom is -0.367 e. The number of rotatable bonds is 4. The number of aromatic amines is 1. The lowest BCUT2D eigenvalue weighted by atomic mass is 10.2. The van der Waals surface area contributed by atoms with Crippen molar-refractivity contribution in [3.8, 4) is 0 Å². The van der Waals surface area contributed by atoms with Crippen LogP contribution in [0, 0.1) is 6.92 Å². The molecule has 2 aromatic rings. The lowest BCUT2D eigenvalue weighted by Gasteiger charge is -2.22. The summed E-state index contributed by atoms with van der Waals surface area (Å²) in [6, 6.07) is 8.77. The number of benzene rings is 1. The van der Waals surface area contributed by atoms with E-state index < -0.39 is 10.0 Å². The van der Waals surface area contributed by atoms with Crippen LogP contribution in [0.25, 0.3) is 0 Å². The summed E-state index contributed by atoms with van der Waals surface area (Å²) in [4.78, 5) is 17.4. The van der Waals surface area contributed by atoms with Crippen molar-refractivity contribution in [2.75, 3.05) is 26.2 Å². The third-order valence-corrected chi connectivity index (χ3v) is 6.40. The van der Waals surface area contributed by atoms with Crippen LogP contribution in [0.4, 0.5) is 0 Å². The minimum atomic E-state index is -3.51. The Balaban J connectivity index is 1.66. The number of H-pyrrole nitrogens is 1. The number of carbonyl (C=O) groups excluding carboxylic acids is 1. The van der Waals surface area contributed by atoms with Gasteiger partial charge in [-0.3, -0.25) is 4.79 Å². The Morgan fingerprint density at radius 1 is 1.08 bits per heavy atom. The number of hydrogen-bond donors (Lipinski definition) is 1. The zero-order chi connectivity index (χ0) is 17.9. The summed E-state index contributed by atoms with van der Waals surface area (Å²) >= 11 is 0. The molecule has 0 atom stereocenters. The van der Waals surface area contributed by atoms with E-state index in [1.54, 1.807) is 35.4 Å². The third-order valence-electron chi connectivity index (χ3n) is 4.48. The van der Waals surface area contributed by atoms with Crippen molar-refractivity contribution in [1.29, 1.82) is 0 Å². The Bertz CT molecular complexity index is 814. The quantitative estimate of drug-likeness (QED) is 0.902. The van der Waals surface area contributed by atoms with E-state index in [0.717, 1.165) is 11.1 Å². The second-order valence-corrected chi connectivity index (χ2v) is 8.29. The van der Waals surface area contributed by atoms with E-state index in [2.05, 4.69) is 4.98 Å². The van der Waals surface area contributed by atoms with E-state index in [1.807, 2.05) is 19.2 Å². The maximum absolute atomic E-state index is 12.8. The fraction of sp³-hybridized carbons (Fsp3) is 0.389. The van der Waals surface area contributed by atoms with Crippen LogP contribution < -0.4 is 0 Å². The smallest absolute Gasteiger partial charge is 0.243 e. The lowest BCUT2D eigenvalue weighted by Crippen LogP contribution is -2.37. The molecule has 1 aliphatic rings. The van der Waals surface area contributed by atoms with Gasteiger partial charge in [-0.15, -0.1) is 0 Å². The zero-order valence-electron chi connectivity index (χ0n) is 14.3. The molecule has 7 heteroatoms. The predicted molar refractivity (Wildman–Crippen MR) is 95.6 cm³/mol. The van der Waals surface area contributed by atoms with E-state index in [9.17, 15) is 13.2 Å². The SMILES string of the molecule is Cc1ccc(S(=O)(=O)N2CCCN(C(=O)Cc3cc[nH]c3)CC2)cc1. The maximum Gasteiger partial charge on any atom is 0.243 e. The molecule has 2 heterocycles. The van der Waals surface area contributed by atoms with E-state index >= 15 is 0 Å². The summed E-state index contributed by atoms with van der Waals surface area (Å²) in [6.45, 7) is 3.70. The second-order valence-electron chi connectivity index (χ2n) is 6.35. The van der Waals surface area contributed by atoms with Crippen molar-refractivity contribution in [3.05, 3.63) is 53.9 Å². The van der Waals surface area contributed by atoms with Crippen molar-refractivity contribution >= 4 is 15.9 Å². The van der Waals surface area contributed by atoms with Crippen LogP contribution in [-0.4, -0.2) is 54.7 Å². The predicted octanol–water partition coefficient (Wildman–Crippen LogP) is 1.79. The molecule has 1 saturated heterocycles. The van der Waals surface area contributed by atoms with Crippen LogP contribution >= 0.6 is 0 Å². The van der Waals surface area contributed by atoms with Crippen LogP contribution in [0.1, 0.15) is 17.5 Å². The highest BCUT2D eigenvalue weighted by atomic mass is 32.2. The monoisotopic (exact) mass is 361 g/mol. The van der Waals surface area contributed by atoms with Gasteiger partial charge in [-0.05, 0) is 37.1 Å². The van der Waals surface area contributed by atoms with Gasteiger partial charge >= 0.3 is 0 Å². The molecule has 1 amide bonds. The van der Waals surface area contributed by atoms with Crippen molar-refractivity contribution in [2.45, 2.75) is 24.7 Å². The van der Waals surface area contributed by atoms with Crippen LogP contribution in [0.2, 0.25) is 0 Å². The summed E-state index contributed by atoms with van der Waals surface area (Å²) in [5.74, 6) is 0.0363. The summed E-state index contributed by atoms with van der Waals surface area (Å²) in [7, 11) is -3.51. The van der Waals surface area contributed by atoms with Gasteiger partial charge in [0.25, 0.3) is 0 Å². The minimum absolute atomic E-state index is 0.0363. The van der Waals surface area contributed by atoms with Crippen molar-refractivity contribution in [1.82, 2.24) is 14.2 Å². The van der Waals surface area contributed by atoms with E-state index in [1.165, 1.54) is 4.31 Å². The molecule has 0 spiro atoms. The molecule has 1 N–H and O–H groups in total. The van der Waals surface area contributed by atoms with Gasteiger partial charge in [0.05, 0.1) is 11.3 Å². The van der Waals surface area contributed by atoms with Gasteiger partial charge in [-0.1, -0.05) is 17.7 Å². The Morgan fingerprint density at radius 3 is 2.52 bits per heavy atom. The molecule has 25 heavy (non-hydrogen) atoms. The summed E-state index contributed by atoms with van der Waals surface area (Å²) in [5.41, 5.74) is 1.97. The number of carbonyl (C=O) groups is 1. The lowest BCUT2D eigenvalue weighted by molar-refractivity contribution is -0.130. The molecule has 1 fully saturated rings. The van der Waals surface area contributed by atoms with Crippen molar-refractivity contribution in [3.63, 3.8) is 0 Å². The van der Waals surface area contributed by atoms with E-state index in [-0.39, 0.29) is 5.91 Å². The molecule has 134 valence electrons. The average molecular weight is 361 g/mol. The van der Waals surface area contributed by atoms with Crippen molar-refractivity contribution < 1.29 is 13.2 Å². The third kappa shape index (κ3) is 4.11. The standard InChI is InChI=1S/C18H23N3O3S/c1-15-3-5-17(6-4-15)25(23,24)21-10-2-9-20(11-12-21)18(22)13-16-7-8-19-14-16/h3-8,14,19H,2,9-13H2,1H3. The maximum atomic E-state index is 12.8. The topological polar surface area (TPSA) is 73.5 Å². The Labute approximate surface area is 148 Å². The van der Waals surface area contributed by atoms with Crippen LogP contribution in [0.3, 0.4) is 0 Å². The largest absolute Gasteiger partial charge is 0.367 e. The average Bonchev–Trinajstić information content (AvgIpc) is 2.95. The first-order valence-corrected chi connectivity index (χ1v) is 9.87. The molecular formula is C18H23N3O3S. The van der Waals surface area contributed by atoms with Gasteiger partial charge < -0.3 is 9.88 Å². The van der Waals surface area contributed by atoms with Gasteiger partial charge in [0.2, 0.25) is 15.9 Å². The van der Waals surface area contributed by atoms with E-state index in [4.69, 9.17) is 0 Å². The number of aromatic nitrogens is 1. The first-order chi connectivity index (χ1) is 12.0. The van der Waals surface area contributed by atoms with Crippen LogP contribution in [-0.2, 0) is 21.2 Å². The van der Waals surface area contributed by atoms with Gasteiger partial charge in [-0.2, -0.15) is 4.31 Å². The summed E-state index contributed by atoms with van der Waals surface area (Å²) in [6.07, 6.45) is 4.59. The normalized spacial score (nSPS) is 16.6. The summed E-state index contributed by atoms with van der Waals surface area (Å²) in [5, 5.41) is 0. The molecule has 1 aromatic heterocycles. The molecule has 3 rings (SSSR count). The first kappa shape index (κ1) is 17.7. The molecule has 0 saturated carbocycles. The fourth-order valence-electron chi connectivity index (χ4n) is 3.00. The molecule has 1 aromatic carbocycles. The number of aryl methyl sites for hydroxylation is 1. The molecule has 0 aliphatic carbocycles. The molecule has 0 unspecified atom stereocenters. The fourth-order valence-corrected chi connectivity index (χ4v) is 4.47. The number of nitrogens with one attached hydrogen (secondary N) is 1. The number of hydrogen-bond acceptors (Lipinski definition) is 3. The number of sulfonamides is 1. The zero-order valence-corrected chi connectivity index (χ0v) is 15.1. The highest BCUT2D eigenvalue weighted by molar-refractivity contribution is 7.89. The molecular weight excluding hydrogens is 338 g/mol. The molecule has 1 aliphatic heterocycles. The van der Waals surface area contributed by atoms with Crippen molar-refractivity contribution in [2.24, 2.45) is 0 Å². The van der Waals surface area contributed by atoms with Crippen LogP contribution in [0.15, 0.2) is 47.6 Å². The highest BCUT2D eigenvalue weighted by Gasteiger charge is 2.28. The van der Waals surface area contributed by atoms with E-state index in [0.29, 0.717) is 43.9 Å².